The molecular weight excluding hydrogens is 328 g/mol. The van der Waals surface area contributed by atoms with Crippen molar-refractivity contribution in [3.63, 3.8) is 0 Å². The Morgan fingerprint density at radius 1 is 1.00 bits per heavy atom. The summed E-state index contributed by atoms with van der Waals surface area (Å²) in [5, 5.41) is -0.498. The van der Waals surface area contributed by atoms with Crippen molar-refractivity contribution >= 4 is 35.3 Å². The molecule has 0 radical (unpaired) electrons. The third-order valence-electron chi connectivity index (χ3n) is 2.33. The van der Waals surface area contributed by atoms with Gasteiger partial charge in [0.05, 0.1) is 6.61 Å². The van der Waals surface area contributed by atoms with Crippen molar-refractivity contribution in [2.75, 3.05) is 6.61 Å². The molecule has 0 aliphatic carbocycles. The van der Waals surface area contributed by atoms with Crippen LogP contribution in [0.5, 0.6) is 0 Å². The van der Waals surface area contributed by atoms with Crippen LogP contribution in [-0.2, 0) is 4.74 Å². The van der Waals surface area contributed by atoms with Crippen LogP contribution >= 0.6 is 24.8 Å². The maximum absolute atomic E-state index is 9.09. The van der Waals surface area contributed by atoms with E-state index in [0.717, 1.165) is 6.42 Å². The second-order valence-electron chi connectivity index (χ2n) is 4.24. The average Bonchev–Trinajstić information content (AvgIpc) is 2.55. The average molecular weight is 351 g/mol. The lowest BCUT2D eigenvalue weighted by atomic mass is 10.1. The largest absolute Gasteiger partial charge is 0.471 e. The smallest absolute Gasteiger partial charge is 0.273 e. The lowest BCUT2D eigenvalue weighted by molar-refractivity contribution is 0.267. The molecule has 0 bridgehead atoms. The fourth-order valence-corrected chi connectivity index (χ4v) is 1.55. The van der Waals surface area contributed by atoms with Gasteiger partial charge < -0.3 is 16.2 Å². The summed E-state index contributed by atoms with van der Waals surface area (Å²) in [6.07, 6.45) is 0.956. The first-order valence-electron chi connectivity index (χ1n) is 6.98. The van der Waals surface area contributed by atoms with Crippen LogP contribution in [0.3, 0.4) is 0 Å². The topological polar surface area (TPSA) is 78.3 Å². The SMILES string of the molecule is CCCOC(N)=S.NC(=O)S.c1ccc(-c2ccccc2)cc1. The van der Waals surface area contributed by atoms with Gasteiger partial charge in [-0.05, 0) is 29.8 Å². The lowest BCUT2D eigenvalue weighted by Crippen LogP contribution is -2.12. The van der Waals surface area contributed by atoms with Gasteiger partial charge in [-0.15, -0.1) is 0 Å². The van der Waals surface area contributed by atoms with E-state index in [1.807, 2.05) is 19.1 Å². The van der Waals surface area contributed by atoms with Crippen LogP contribution in [0.15, 0.2) is 60.7 Å². The van der Waals surface area contributed by atoms with Gasteiger partial charge in [0.1, 0.15) is 0 Å². The molecule has 0 aliphatic rings. The Hall–Kier alpha value is -2.05. The number of primary amides is 1. The zero-order chi connectivity index (χ0) is 17.5. The maximum Gasteiger partial charge on any atom is 0.273 e. The Balaban J connectivity index is 0.000000377. The van der Waals surface area contributed by atoms with Crippen molar-refractivity contribution in [2.45, 2.75) is 13.3 Å². The van der Waals surface area contributed by atoms with E-state index in [9.17, 15) is 0 Å². The van der Waals surface area contributed by atoms with Crippen LogP contribution in [0.2, 0.25) is 0 Å². The molecule has 124 valence electrons. The van der Waals surface area contributed by atoms with Crippen molar-refractivity contribution in [3.05, 3.63) is 60.7 Å². The maximum atomic E-state index is 9.09. The summed E-state index contributed by atoms with van der Waals surface area (Å²) in [6.45, 7) is 2.63. The van der Waals surface area contributed by atoms with Crippen LogP contribution in [0, 0.1) is 0 Å². The third kappa shape index (κ3) is 13.3. The molecule has 2 aromatic carbocycles. The molecule has 4 nitrogen and oxygen atoms in total. The number of ether oxygens (including phenoxy) is 1. The fraction of sp³-hybridized carbons (Fsp3) is 0.176. The predicted molar refractivity (Wildman–Crippen MR) is 103 cm³/mol. The van der Waals surface area contributed by atoms with Crippen molar-refractivity contribution in [2.24, 2.45) is 11.5 Å². The van der Waals surface area contributed by atoms with E-state index in [-0.39, 0.29) is 5.17 Å². The molecule has 0 aromatic heterocycles. The monoisotopic (exact) mass is 350 g/mol. The zero-order valence-corrected chi connectivity index (χ0v) is 14.7. The number of carbonyl (C=O) groups is 1. The number of rotatable bonds is 3. The van der Waals surface area contributed by atoms with Crippen molar-refractivity contribution in [1.29, 1.82) is 0 Å². The van der Waals surface area contributed by atoms with Gasteiger partial charge in [-0.3, -0.25) is 4.79 Å². The Labute approximate surface area is 148 Å². The number of nitrogens with two attached hydrogens (primary N) is 2. The van der Waals surface area contributed by atoms with Crippen molar-refractivity contribution in [3.8, 4) is 11.1 Å². The minimum absolute atomic E-state index is 0.141. The van der Waals surface area contributed by atoms with Gasteiger partial charge in [-0.25, -0.2) is 0 Å². The molecule has 0 atom stereocenters. The normalized spacial score (nSPS) is 8.61. The zero-order valence-electron chi connectivity index (χ0n) is 13.0. The van der Waals surface area contributed by atoms with Gasteiger partial charge >= 0.3 is 0 Å². The van der Waals surface area contributed by atoms with E-state index in [2.05, 4.69) is 79.1 Å². The Kier molecular flexibility index (Phi) is 12.4. The third-order valence-corrected chi connectivity index (χ3v) is 2.45. The predicted octanol–water partition coefficient (Wildman–Crippen LogP) is 4.01. The second kappa shape index (κ2) is 13.6. The van der Waals surface area contributed by atoms with Gasteiger partial charge in [0, 0.05) is 0 Å². The standard InChI is InChI=1S/C12H10.C4H9NOS.CH3NOS/c1-3-7-11(8-4-1)12-9-5-2-6-10-12;1-2-3-6-4(5)7;2-1(3)4/h1-10H;2-3H2,1H3,(H2,5,7);(H3,2,3,4). The van der Waals surface area contributed by atoms with Crippen molar-refractivity contribution < 1.29 is 9.53 Å². The molecule has 2 aromatic rings. The minimum atomic E-state index is -0.639. The number of thiocarbonyl (C=S) groups is 1. The highest BCUT2D eigenvalue weighted by atomic mass is 32.1. The van der Waals surface area contributed by atoms with Gasteiger partial charge in [0.2, 0.25) is 0 Å². The van der Waals surface area contributed by atoms with E-state index in [1.165, 1.54) is 11.1 Å². The number of hydrogen-bond acceptors (Lipinski definition) is 3. The summed E-state index contributed by atoms with van der Waals surface area (Å²) in [4.78, 5) is 9.09. The molecule has 0 unspecified atom stereocenters. The highest BCUT2D eigenvalue weighted by Gasteiger charge is 1.91. The Morgan fingerprint density at radius 2 is 1.35 bits per heavy atom. The molecule has 0 saturated carbocycles. The first-order chi connectivity index (χ1) is 11.0. The van der Waals surface area contributed by atoms with Gasteiger partial charge in [-0.1, -0.05) is 80.2 Å². The summed E-state index contributed by atoms with van der Waals surface area (Å²) in [6, 6.07) is 20.8. The Morgan fingerprint density at radius 3 is 1.57 bits per heavy atom. The molecule has 2 rings (SSSR count). The lowest BCUT2D eigenvalue weighted by Gasteiger charge is -1.98. The molecule has 1 amide bonds. The highest BCUT2D eigenvalue weighted by Crippen LogP contribution is 2.17. The van der Waals surface area contributed by atoms with Crippen LogP contribution in [-0.4, -0.2) is 17.0 Å². The molecule has 0 spiro atoms. The van der Waals surface area contributed by atoms with E-state index in [4.69, 9.17) is 15.3 Å². The minimum Gasteiger partial charge on any atom is -0.471 e. The molecular formula is C17H22N2O2S2. The molecule has 0 aliphatic heterocycles. The van der Waals surface area contributed by atoms with Gasteiger partial charge in [-0.2, -0.15) is 0 Å². The highest BCUT2D eigenvalue weighted by molar-refractivity contribution is 7.96. The summed E-state index contributed by atoms with van der Waals surface area (Å²) in [5.41, 5.74) is 11.9. The molecule has 0 heterocycles. The summed E-state index contributed by atoms with van der Waals surface area (Å²) in [5.74, 6) is 0. The van der Waals surface area contributed by atoms with Crippen LogP contribution in [0.4, 0.5) is 4.79 Å². The van der Waals surface area contributed by atoms with Crippen LogP contribution in [0.1, 0.15) is 13.3 Å². The van der Waals surface area contributed by atoms with Crippen LogP contribution in [0.25, 0.3) is 11.1 Å². The van der Waals surface area contributed by atoms with E-state index >= 15 is 0 Å². The summed E-state index contributed by atoms with van der Waals surface area (Å²) in [7, 11) is 0. The second-order valence-corrected chi connectivity index (χ2v) is 5.08. The molecule has 23 heavy (non-hydrogen) atoms. The number of amides is 1. The van der Waals surface area contributed by atoms with Crippen molar-refractivity contribution in [1.82, 2.24) is 0 Å². The molecule has 0 fully saturated rings. The fourth-order valence-electron chi connectivity index (χ4n) is 1.46. The first kappa shape index (κ1) is 20.9. The summed E-state index contributed by atoms with van der Waals surface area (Å²) < 4.78 is 4.70. The molecule has 0 saturated heterocycles. The number of benzene rings is 2. The molecule has 4 N–H and O–H groups in total. The Bertz CT molecular complexity index is 522. The number of hydrogen-bond donors (Lipinski definition) is 3. The number of carbonyl (C=O) groups excluding carboxylic acids is 1. The van der Waals surface area contributed by atoms with E-state index in [1.54, 1.807) is 0 Å². The van der Waals surface area contributed by atoms with E-state index < -0.39 is 5.24 Å². The number of thiol groups is 1. The van der Waals surface area contributed by atoms with E-state index in [0.29, 0.717) is 6.61 Å². The quantitative estimate of drug-likeness (QED) is 0.577. The van der Waals surface area contributed by atoms with Gasteiger partial charge in [0.15, 0.2) is 0 Å². The summed E-state index contributed by atoms with van der Waals surface area (Å²) >= 11 is 7.52. The first-order valence-corrected chi connectivity index (χ1v) is 7.84. The van der Waals surface area contributed by atoms with Crippen LogP contribution < -0.4 is 11.5 Å². The van der Waals surface area contributed by atoms with Gasteiger partial charge in [0.25, 0.3) is 10.4 Å². The molecule has 6 heteroatoms.